The van der Waals surface area contributed by atoms with Gasteiger partial charge in [-0.15, -0.1) is 0 Å². The van der Waals surface area contributed by atoms with Crippen LogP contribution in [0.2, 0.25) is 5.02 Å². The number of aryl methyl sites for hydroxylation is 1. The summed E-state index contributed by atoms with van der Waals surface area (Å²) in [5, 5.41) is 0.528. The minimum atomic E-state index is -0.111. The highest BCUT2D eigenvalue weighted by Gasteiger charge is 2.15. The lowest BCUT2D eigenvalue weighted by Crippen LogP contribution is -2.26. The average Bonchev–Trinajstić information content (AvgIpc) is 2.40. The van der Waals surface area contributed by atoms with Crippen LogP contribution in [0.3, 0.4) is 0 Å². The molecule has 20 heavy (non-hydrogen) atoms. The van der Waals surface area contributed by atoms with Crippen LogP contribution < -0.4 is 5.73 Å². The monoisotopic (exact) mass is 288 g/mol. The van der Waals surface area contributed by atoms with Crippen molar-refractivity contribution in [1.29, 1.82) is 0 Å². The van der Waals surface area contributed by atoms with Crippen LogP contribution in [-0.2, 0) is 6.54 Å². The number of carbonyl (C=O) groups is 1. The molecular formula is C16H17ClN2O. The molecule has 3 nitrogen and oxygen atoms in total. The summed E-state index contributed by atoms with van der Waals surface area (Å²) in [6.45, 7) is 2.58. The zero-order chi connectivity index (χ0) is 14.7. The lowest BCUT2D eigenvalue weighted by atomic mass is 10.1. The minimum absolute atomic E-state index is 0.111. The molecule has 0 unspecified atom stereocenters. The van der Waals surface area contributed by atoms with Gasteiger partial charge in [-0.2, -0.15) is 0 Å². The Morgan fingerprint density at radius 3 is 2.45 bits per heavy atom. The lowest BCUT2D eigenvalue weighted by molar-refractivity contribution is 0.0786. The van der Waals surface area contributed by atoms with Crippen LogP contribution in [0.5, 0.6) is 0 Å². The fourth-order valence-electron chi connectivity index (χ4n) is 1.97. The lowest BCUT2D eigenvalue weighted by Gasteiger charge is -2.18. The number of benzene rings is 2. The molecule has 0 aliphatic carbocycles. The Labute approximate surface area is 124 Å². The first-order valence-electron chi connectivity index (χ1n) is 6.33. The molecule has 4 heteroatoms. The van der Waals surface area contributed by atoms with Crippen LogP contribution in [0.4, 0.5) is 5.69 Å². The number of anilines is 1. The Bertz CT molecular complexity index is 623. The maximum absolute atomic E-state index is 12.4. The third-order valence-electron chi connectivity index (χ3n) is 3.13. The predicted octanol–water partition coefficient (Wildman–Crippen LogP) is 3.50. The molecular weight excluding hydrogens is 272 g/mol. The number of halogens is 1. The Hall–Kier alpha value is -2.00. The van der Waals surface area contributed by atoms with E-state index in [9.17, 15) is 4.79 Å². The fraction of sp³-hybridized carbons (Fsp3) is 0.188. The number of hydrogen-bond donors (Lipinski definition) is 1. The number of amides is 1. The van der Waals surface area contributed by atoms with Crippen molar-refractivity contribution in [1.82, 2.24) is 4.90 Å². The van der Waals surface area contributed by atoms with E-state index < -0.39 is 0 Å². The quantitative estimate of drug-likeness (QED) is 0.879. The normalized spacial score (nSPS) is 10.3. The molecule has 0 saturated carbocycles. The van der Waals surface area contributed by atoms with E-state index in [1.807, 2.05) is 31.2 Å². The summed E-state index contributed by atoms with van der Waals surface area (Å²) in [5.41, 5.74) is 9.00. The van der Waals surface area contributed by atoms with Crippen molar-refractivity contribution in [3.63, 3.8) is 0 Å². The highest BCUT2D eigenvalue weighted by molar-refractivity contribution is 6.31. The zero-order valence-electron chi connectivity index (χ0n) is 11.6. The first kappa shape index (κ1) is 14.4. The molecule has 2 rings (SSSR count). The van der Waals surface area contributed by atoms with Crippen molar-refractivity contribution in [2.75, 3.05) is 12.8 Å². The molecule has 0 aliphatic heterocycles. The van der Waals surface area contributed by atoms with Gasteiger partial charge in [0.25, 0.3) is 5.91 Å². The fourth-order valence-corrected chi connectivity index (χ4v) is 2.15. The summed E-state index contributed by atoms with van der Waals surface area (Å²) in [5.74, 6) is -0.111. The van der Waals surface area contributed by atoms with Gasteiger partial charge in [-0.3, -0.25) is 4.79 Å². The van der Waals surface area contributed by atoms with E-state index in [4.69, 9.17) is 17.3 Å². The van der Waals surface area contributed by atoms with Gasteiger partial charge < -0.3 is 10.6 Å². The summed E-state index contributed by atoms with van der Waals surface area (Å²) in [7, 11) is 1.76. The van der Waals surface area contributed by atoms with Gasteiger partial charge in [0.2, 0.25) is 0 Å². The van der Waals surface area contributed by atoms with Crippen molar-refractivity contribution in [3.05, 3.63) is 64.2 Å². The molecule has 0 aliphatic rings. The summed E-state index contributed by atoms with van der Waals surface area (Å²) in [6, 6.07) is 13.0. The zero-order valence-corrected chi connectivity index (χ0v) is 12.3. The number of nitrogens with two attached hydrogens (primary N) is 1. The first-order chi connectivity index (χ1) is 9.47. The number of nitrogen functional groups attached to an aromatic ring is 1. The van der Waals surface area contributed by atoms with Gasteiger partial charge in [-0.05, 0) is 30.7 Å². The van der Waals surface area contributed by atoms with Gasteiger partial charge in [0.15, 0.2) is 0 Å². The second-order valence-corrected chi connectivity index (χ2v) is 5.31. The number of hydrogen-bond acceptors (Lipinski definition) is 2. The van der Waals surface area contributed by atoms with E-state index in [2.05, 4.69) is 0 Å². The molecule has 0 spiro atoms. The third kappa shape index (κ3) is 3.31. The molecule has 2 aromatic rings. The molecule has 0 radical (unpaired) electrons. The second kappa shape index (κ2) is 5.97. The van der Waals surface area contributed by atoms with E-state index >= 15 is 0 Å². The molecule has 104 valence electrons. The SMILES string of the molecule is Cc1ccc(CN(C)C(=O)c2ccc(Cl)cc2N)cc1. The Morgan fingerprint density at radius 1 is 1.20 bits per heavy atom. The van der Waals surface area contributed by atoms with Crippen LogP contribution >= 0.6 is 11.6 Å². The molecule has 2 N–H and O–H groups in total. The van der Waals surface area contributed by atoms with Gasteiger partial charge in [0.1, 0.15) is 0 Å². The van der Waals surface area contributed by atoms with Crippen molar-refractivity contribution in [2.45, 2.75) is 13.5 Å². The molecule has 0 fully saturated rings. The van der Waals surface area contributed by atoms with E-state index in [0.29, 0.717) is 22.8 Å². The summed E-state index contributed by atoms with van der Waals surface area (Å²) < 4.78 is 0. The molecule has 0 atom stereocenters. The Balaban J connectivity index is 2.14. The highest BCUT2D eigenvalue weighted by Crippen LogP contribution is 2.20. The smallest absolute Gasteiger partial charge is 0.255 e. The average molecular weight is 289 g/mol. The van der Waals surface area contributed by atoms with Crippen LogP contribution in [0.1, 0.15) is 21.5 Å². The number of nitrogens with zero attached hydrogens (tertiary/aromatic N) is 1. The largest absolute Gasteiger partial charge is 0.398 e. The Morgan fingerprint density at radius 2 is 1.85 bits per heavy atom. The van der Waals surface area contributed by atoms with Gasteiger partial charge in [-0.1, -0.05) is 41.4 Å². The number of carbonyl (C=O) groups excluding carboxylic acids is 1. The first-order valence-corrected chi connectivity index (χ1v) is 6.71. The maximum Gasteiger partial charge on any atom is 0.255 e. The summed E-state index contributed by atoms with van der Waals surface area (Å²) >= 11 is 5.84. The molecule has 1 amide bonds. The van der Waals surface area contributed by atoms with Crippen molar-refractivity contribution >= 4 is 23.2 Å². The van der Waals surface area contributed by atoms with Gasteiger partial charge in [0, 0.05) is 24.3 Å². The van der Waals surface area contributed by atoms with E-state index in [-0.39, 0.29) is 5.91 Å². The second-order valence-electron chi connectivity index (χ2n) is 4.88. The van der Waals surface area contributed by atoms with Crippen LogP contribution in [-0.4, -0.2) is 17.9 Å². The summed E-state index contributed by atoms with van der Waals surface area (Å²) in [6.07, 6.45) is 0. The van der Waals surface area contributed by atoms with Gasteiger partial charge in [0.05, 0.1) is 5.56 Å². The van der Waals surface area contributed by atoms with E-state index in [0.717, 1.165) is 5.56 Å². The molecule has 0 aromatic heterocycles. The molecule has 0 saturated heterocycles. The predicted molar refractivity (Wildman–Crippen MR) is 82.8 cm³/mol. The highest BCUT2D eigenvalue weighted by atomic mass is 35.5. The minimum Gasteiger partial charge on any atom is -0.398 e. The number of rotatable bonds is 3. The molecule has 0 bridgehead atoms. The summed E-state index contributed by atoms with van der Waals surface area (Å²) in [4.78, 5) is 14.0. The topological polar surface area (TPSA) is 46.3 Å². The van der Waals surface area contributed by atoms with Crippen molar-refractivity contribution < 1.29 is 4.79 Å². The molecule has 2 aromatic carbocycles. The van der Waals surface area contributed by atoms with Crippen molar-refractivity contribution in [3.8, 4) is 0 Å². The van der Waals surface area contributed by atoms with E-state index in [1.54, 1.807) is 30.1 Å². The maximum atomic E-state index is 12.4. The third-order valence-corrected chi connectivity index (χ3v) is 3.37. The standard InChI is InChI=1S/C16H17ClN2O/c1-11-3-5-12(6-4-11)10-19(2)16(20)14-8-7-13(17)9-15(14)18/h3-9H,10,18H2,1-2H3. The van der Waals surface area contributed by atoms with Crippen LogP contribution in [0, 0.1) is 6.92 Å². The van der Waals surface area contributed by atoms with Gasteiger partial charge in [-0.25, -0.2) is 0 Å². The van der Waals surface area contributed by atoms with Crippen molar-refractivity contribution in [2.24, 2.45) is 0 Å². The molecule has 0 heterocycles. The van der Waals surface area contributed by atoms with Gasteiger partial charge >= 0.3 is 0 Å². The van der Waals surface area contributed by atoms with Crippen LogP contribution in [0.15, 0.2) is 42.5 Å². The van der Waals surface area contributed by atoms with E-state index in [1.165, 1.54) is 5.56 Å². The Kier molecular flexibility index (Phi) is 4.30. The van der Waals surface area contributed by atoms with Crippen LogP contribution in [0.25, 0.3) is 0 Å².